The predicted molar refractivity (Wildman–Crippen MR) is 88.3 cm³/mol. The zero-order valence-electron chi connectivity index (χ0n) is 14.7. The van der Waals surface area contributed by atoms with Crippen LogP contribution in [0, 0.1) is 11.8 Å². The molecule has 132 valence electrons. The number of hydrogen-bond acceptors (Lipinski definition) is 3. The maximum atomic E-state index is 12.6. The van der Waals surface area contributed by atoms with Gasteiger partial charge >= 0.3 is 12.1 Å². The first-order chi connectivity index (χ1) is 10.8. The number of carbonyl (C=O) groups is 2. The van der Waals surface area contributed by atoms with E-state index in [9.17, 15) is 9.59 Å². The molecule has 23 heavy (non-hydrogen) atoms. The molecule has 5 heteroatoms. The van der Waals surface area contributed by atoms with Gasteiger partial charge in [0.2, 0.25) is 0 Å². The van der Waals surface area contributed by atoms with Crippen LogP contribution in [0.5, 0.6) is 0 Å². The topological polar surface area (TPSA) is 66.8 Å². The van der Waals surface area contributed by atoms with Crippen molar-refractivity contribution in [2.24, 2.45) is 11.8 Å². The highest BCUT2D eigenvalue weighted by Gasteiger charge is 2.35. The lowest BCUT2D eigenvalue weighted by Gasteiger charge is -2.38. The van der Waals surface area contributed by atoms with Crippen molar-refractivity contribution in [3.05, 3.63) is 0 Å². The molecule has 5 nitrogen and oxygen atoms in total. The number of carboxylic acid groups (broad SMARTS) is 1. The predicted octanol–water partition coefficient (Wildman–Crippen LogP) is 4.06. The first kappa shape index (κ1) is 18.1. The molecule has 2 saturated carbocycles. The number of amides is 1. The molecule has 0 spiro atoms. The largest absolute Gasteiger partial charge is 0.481 e. The smallest absolute Gasteiger partial charge is 0.410 e. The van der Waals surface area contributed by atoms with Gasteiger partial charge in [-0.15, -0.1) is 0 Å². The molecule has 0 bridgehead atoms. The van der Waals surface area contributed by atoms with E-state index in [1.807, 2.05) is 25.7 Å². The van der Waals surface area contributed by atoms with Gasteiger partial charge in [-0.05, 0) is 65.2 Å². The van der Waals surface area contributed by atoms with Gasteiger partial charge in [0.25, 0.3) is 0 Å². The van der Waals surface area contributed by atoms with Crippen LogP contribution in [0.3, 0.4) is 0 Å². The fraction of sp³-hybridized carbons (Fsp3) is 0.889. The first-order valence-corrected chi connectivity index (χ1v) is 8.98. The summed E-state index contributed by atoms with van der Waals surface area (Å²) in [6.45, 7) is 6.43. The number of nitrogens with zero attached hydrogens (tertiary/aromatic N) is 1. The van der Waals surface area contributed by atoms with E-state index in [1.165, 1.54) is 25.7 Å². The van der Waals surface area contributed by atoms with E-state index in [0.717, 1.165) is 19.4 Å². The quantitative estimate of drug-likeness (QED) is 0.846. The summed E-state index contributed by atoms with van der Waals surface area (Å²) in [5.41, 5.74) is -0.497. The Hall–Kier alpha value is -1.26. The molecule has 0 aliphatic heterocycles. The Kier molecular flexibility index (Phi) is 5.93. The van der Waals surface area contributed by atoms with Crippen molar-refractivity contribution in [2.45, 2.75) is 83.8 Å². The van der Waals surface area contributed by atoms with Crippen LogP contribution in [0.25, 0.3) is 0 Å². The standard InChI is InChI=1S/C18H31NO4/c1-18(2,3)23-17(22)19(12-13-6-4-5-7-13)15-10-8-14(9-11-15)16(20)21/h13-15H,4-12H2,1-3H3,(H,20,21). The molecule has 0 aromatic rings. The maximum Gasteiger partial charge on any atom is 0.410 e. The number of carbonyl (C=O) groups excluding carboxylic acids is 1. The normalized spacial score (nSPS) is 26.0. The van der Waals surface area contributed by atoms with Crippen molar-refractivity contribution >= 4 is 12.1 Å². The minimum atomic E-state index is -0.705. The molecule has 2 fully saturated rings. The van der Waals surface area contributed by atoms with Crippen LogP contribution in [-0.2, 0) is 9.53 Å². The Morgan fingerprint density at radius 2 is 1.61 bits per heavy atom. The fourth-order valence-corrected chi connectivity index (χ4v) is 3.80. The molecule has 0 unspecified atom stereocenters. The van der Waals surface area contributed by atoms with Crippen LogP contribution in [0.1, 0.15) is 72.1 Å². The van der Waals surface area contributed by atoms with Crippen molar-refractivity contribution in [1.82, 2.24) is 4.90 Å². The van der Waals surface area contributed by atoms with Gasteiger partial charge in [-0.1, -0.05) is 12.8 Å². The second-order valence-corrected chi connectivity index (χ2v) is 8.13. The van der Waals surface area contributed by atoms with Crippen molar-refractivity contribution in [1.29, 1.82) is 0 Å². The summed E-state index contributed by atoms with van der Waals surface area (Å²) in [6, 6.07) is 0.126. The molecular formula is C18H31NO4. The van der Waals surface area contributed by atoms with Gasteiger partial charge < -0.3 is 14.7 Å². The molecular weight excluding hydrogens is 294 g/mol. The minimum absolute atomic E-state index is 0.126. The first-order valence-electron chi connectivity index (χ1n) is 8.98. The van der Waals surface area contributed by atoms with E-state index >= 15 is 0 Å². The van der Waals surface area contributed by atoms with E-state index in [-0.39, 0.29) is 18.1 Å². The van der Waals surface area contributed by atoms with E-state index in [2.05, 4.69) is 0 Å². The average Bonchev–Trinajstić information content (AvgIpc) is 2.96. The highest BCUT2D eigenvalue weighted by Crippen LogP contribution is 2.32. The third-order valence-corrected chi connectivity index (χ3v) is 5.04. The second-order valence-electron chi connectivity index (χ2n) is 8.13. The number of aliphatic carboxylic acids is 1. The lowest BCUT2D eigenvalue weighted by Crippen LogP contribution is -2.47. The lowest BCUT2D eigenvalue weighted by molar-refractivity contribution is -0.143. The average molecular weight is 325 g/mol. The molecule has 2 rings (SSSR count). The van der Waals surface area contributed by atoms with Gasteiger partial charge in [0.1, 0.15) is 5.60 Å². The van der Waals surface area contributed by atoms with E-state index in [0.29, 0.717) is 18.8 Å². The van der Waals surface area contributed by atoms with Gasteiger partial charge in [-0.25, -0.2) is 4.79 Å². The van der Waals surface area contributed by atoms with Crippen molar-refractivity contribution < 1.29 is 19.4 Å². The van der Waals surface area contributed by atoms with Gasteiger partial charge in [0, 0.05) is 12.6 Å². The van der Waals surface area contributed by atoms with Crippen LogP contribution >= 0.6 is 0 Å². The Bertz CT molecular complexity index is 415. The number of ether oxygens (including phenoxy) is 1. The SMILES string of the molecule is CC(C)(C)OC(=O)N(CC1CCCC1)C1CCC(C(=O)O)CC1. The minimum Gasteiger partial charge on any atom is -0.481 e. The van der Waals surface area contributed by atoms with Gasteiger partial charge in [-0.3, -0.25) is 4.79 Å². The number of carboxylic acids is 1. The zero-order valence-corrected chi connectivity index (χ0v) is 14.7. The van der Waals surface area contributed by atoms with Gasteiger partial charge in [0.15, 0.2) is 0 Å². The third-order valence-electron chi connectivity index (χ3n) is 5.04. The summed E-state index contributed by atoms with van der Waals surface area (Å²) in [7, 11) is 0. The molecule has 0 aromatic carbocycles. The summed E-state index contributed by atoms with van der Waals surface area (Å²) < 4.78 is 5.61. The Balaban J connectivity index is 2.00. The highest BCUT2D eigenvalue weighted by atomic mass is 16.6. The Morgan fingerprint density at radius 3 is 2.09 bits per heavy atom. The monoisotopic (exact) mass is 325 g/mol. The third kappa shape index (κ3) is 5.40. The summed E-state index contributed by atoms with van der Waals surface area (Å²) in [5, 5.41) is 9.15. The van der Waals surface area contributed by atoms with Crippen LogP contribution in [0.4, 0.5) is 4.79 Å². The van der Waals surface area contributed by atoms with Gasteiger partial charge in [-0.2, -0.15) is 0 Å². The fourth-order valence-electron chi connectivity index (χ4n) is 3.80. The maximum absolute atomic E-state index is 12.6. The molecule has 0 atom stereocenters. The Labute approximate surface area is 139 Å². The zero-order chi connectivity index (χ0) is 17.0. The van der Waals surface area contributed by atoms with Crippen LogP contribution in [-0.4, -0.2) is 40.3 Å². The lowest BCUT2D eigenvalue weighted by atomic mass is 9.85. The molecule has 0 saturated heterocycles. The summed E-state index contributed by atoms with van der Waals surface area (Å²) in [5.74, 6) is -0.388. The van der Waals surface area contributed by atoms with Crippen LogP contribution in [0.15, 0.2) is 0 Å². The molecule has 1 N–H and O–H groups in total. The molecule has 0 radical (unpaired) electrons. The summed E-state index contributed by atoms with van der Waals surface area (Å²) >= 11 is 0. The van der Waals surface area contributed by atoms with Crippen molar-refractivity contribution in [2.75, 3.05) is 6.54 Å². The second kappa shape index (κ2) is 7.54. The summed E-state index contributed by atoms with van der Waals surface area (Å²) in [6.07, 6.45) is 7.48. The van der Waals surface area contributed by atoms with Crippen molar-refractivity contribution in [3.63, 3.8) is 0 Å². The van der Waals surface area contributed by atoms with E-state index in [1.54, 1.807) is 0 Å². The molecule has 1 amide bonds. The van der Waals surface area contributed by atoms with Crippen LogP contribution in [0.2, 0.25) is 0 Å². The molecule has 2 aliphatic rings. The molecule has 0 aromatic heterocycles. The Morgan fingerprint density at radius 1 is 1.04 bits per heavy atom. The van der Waals surface area contributed by atoms with Crippen LogP contribution < -0.4 is 0 Å². The highest BCUT2D eigenvalue weighted by molar-refractivity contribution is 5.70. The number of hydrogen-bond donors (Lipinski definition) is 1. The molecule has 2 aliphatic carbocycles. The van der Waals surface area contributed by atoms with E-state index < -0.39 is 11.6 Å². The van der Waals surface area contributed by atoms with Gasteiger partial charge in [0.05, 0.1) is 5.92 Å². The molecule has 0 heterocycles. The number of rotatable bonds is 4. The van der Waals surface area contributed by atoms with Crippen molar-refractivity contribution in [3.8, 4) is 0 Å². The van der Waals surface area contributed by atoms with E-state index in [4.69, 9.17) is 9.84 Å². The summed E-state index contributed by atoms with van der Waals surface area (Å²) in [4.78, 5) is 25.7.